The summed E-state index contributed by atoms with van der Waals surface area (Å²) in [7, 11) is 1.82. The third kappa shape index (κ3) is 4.12. The third-order valence-corrected chi connectivity index (χ3v) is 3.64. The number of likely N-dealkylation sites (N-methyl/N-ethyl adjacent to an activating group) is 1. The third-order valence-electron chi connectivity index (χ3n) is 3.32. The quantitative estimate of drug-likeness (QED) is 0.817. The van der Waals surface area contributed by atoms with E-state index in [2.05, 4.69) is 11.4 Å². The van der Waals surface area contributed by atoms with Gasteiger partial charge in [-0.15, -0.1) is 0 Å². The van der Waals surface area contributed by atoms with E-state index < -0.39 is 0 Å². The lowest BCUT2D eigenvalue weighted by Crippen LogP contribution is -2.44. The van der Waals surface area contributed by atoms with Gasteiger partial charge in [-0.1, -0.05) is 11.6 Å². The molecule has 0 aliphatic carbocycles. The number of hydrogen-bond acceptors (Lipinski definition) is 4. The first-order chi connectivity index (χ1) is 9.36. The molecule has 0 fully saturated rings. The van der Waals surface area contributed by atoms with Crippen LogP contribution >= 0.6 is 11.6 Å². The summed E-state index contributed by atoms with van der Waals surface area (Å²) in [6, 6.07) is 6.66. The largest absolute Gasteiger partial charge is 0.399 e. The summed E-state index contributed by atoms with van der Waals surface area (Å²) < 4.78 is 0. The zero-order chi connectivity index (χ0) is 15.3. The summed E-state index contributed by atoms with van der Waals surface area (Å²) in [6.07, 6.45) is 0.372. The molecule has 1 amide bonds. The Hall–Kier alpha value is -1.77. The molecule has 3 N–H and O–H groups in total. The van der Waals surface area contributed by atoms with Crippen molar-refractivity contribution >= 4 is 28.9 Å². The highest BCUT2D eigenvalue weighted by Gasteiger charge is 2.22. The van der Waals surface area contributed by atoms with E-state index in [4.69, 9.17) is 22.6 Å². The average Bonchev–Trinajstić information content (AvgIpc) is 2.40. The van der Waals surface area contributed by atoms with Crippen LogP contribution in [0.1, 0.15) is 20.3 Å². The molecule has 1 aromatic rings. The van der Waals surface area contributed by atoms with Crippen LogP contribution in [0.2, 0.25) is 5.02 Å². The molecule has 2 atom stereocenters. The molecule has 20 heavy (non-hydrogen) atoms. The Labute approximate surface area is 124 Å². The molecule has 0 heterocycles. The van der Waals surface area contributed by atoms with E-state index in [1.54, 1.807) is 25.1 Å². The Kier molecular flexibility index (Phi) is 5.81. The van der Waals surface area contributed by atoms with Crippen LogP contribution in [-0.4, -0.2) is 29.9 Å². The number of amides is 1. The fourth-order valence-corrected chi connectivity index (χ4v) is 1.95. The highest BCUT2D eigenvalue weighted by molar-refractivity contribution is 6.34. The molecule has 0 aliphatic rings. The van der Waals surface area contributed by atoms with Gasteiger partial charge in [-0.2, -0.15) is 5.26 Å². The van der Waals surface area contributed by atoms with E-state index in [-0.39, 0.29) is 18.0 Å². The summed E-state index contributed by atoms with van der Waals surface area (Å²) in [5.74, 6) is -0.177. The van der Waals surface area contributed by atoms with Gasteiger partial charge in [0.1, 0.15) is 0 Å². The SMILES string of the molecule is CC(CC#N)N(C)C(C)C(=O)Nc1ccc(N)cc1Cl. The smallest absolute Gasteiger partial charge is 0.241 e. The second kappa shape index (κ2) is 7.13. The molecule has 0 bridgehead atoms. The van der Waals surface area contributed by atoms with E-state index in [9.17, 15) is 4.79 Å². The molecule has 1 rings (SSSR count). The Bertz CT molecular complexity index is 526. The topological polar surface area (TPSA) is 82.2 Å². The molecule has 0 spiro atoms. The lowest BCUT2D eigenvalue weighted by molar-refractivity contribution is -0.120. The maximum Gasteiger partial charge on any atom is 0.241 e. The van der Waals surface area contributed by atoms with E-state index >= 15 is 0 Å². The predicted molar refractivity (Wildman–Crippen MR) is 81.4 cm³/mol. The first kappa shape index (κ1) is 16.3. The average molecular weight is 295 g/mol. The second-order valence-electron chi connectivity index (χ2n) is 4.78. The van der Waals surface area contributed by atoms with Gasteiger partial charge in [0.2, 0.25) is 5.91 Å². The first-order valence-corrected chi connectivity index (χ1v) is 6.69. The number of hydrogen-bond donors (Lipinski definition) is 2. The highest BCUT2D eigenvalue weighted by atomic mass is 35.5. The Morgan fingerprint density at radius 1 is 1.55 bits per heavy atom. The van der Waals surface area contributed by atoms with Gasteiger partial charge < -0.3 is 11.1 Å². The number of rotatable bonds is 5. The number of carbonyl (C=O) groups excluding carboxylic acids is 1. The molecular formula is C14H19ClN4O. The fraction of sp³-hybridized carbons (Fsp3) is 0.429. The minimum absolute atomic E-state index is 0.00244. The zero-order valence-electron chi connectivity index (χ0n) is 11.9. The van der Waals surface area contributed by atoms with Crippen LogP contribution in [0.5, 0.6) is 0 Å². The summed E-state index contributed by atoms with van der Waals surface area (Å²) in [6.45, 7) is 3.69. The number of nitrogens with one attached hydrogen (secondary N) is 1. The summed E-state index contributed by atoms with van der Waals surface area (Å²) in [4.78, 5) is 14.0. The van der Waals surface area contributed by atoms with Crippen LogP contribution in [0.4, 0.5) is 11.4 Å². The van der Waals surface area contributed by atoms with Crippen LogP contribution in [0.15, 0.2) is 18.2 Å². The van der Waals surface area contributed by atoms with Gasteiger partial charge in [0.05, 0.1) is 29.2 Å². The van der Waals surface area contributed by atoms with Crippen molar-refractivity contribution in [3.8, 4) is 6.07 Å². The van der Waals surface area contributed by atoms with Crippen molar-refractivity contribution in [2.45, 2.75) is 32.4 Å². The fourth-order valence-electron chi connectivity index (χ4n) is 1.71. The molecule has 0 aromatic heterocycles. The van der Waals surface area contributed by atoms with Crippen LogP contribution in [0.3, 0.4) is 0 Å². The summed E-state index contributed by atoms with van der Waals surface area (Å²) >= 11 is 6.02. The standard InChI is InChI=1S/C14H19ClN4O/c1-9(6-7-16)19(3)10(2)14(20)18-13-5-4-11(17)8-12(13)15/h4-5,8-10H,6,17H2,1-3H3,(H,18,20). The number of halogens is 1. The summed E-state index contributed by atoms with van der Waals surface area (Å²) in [5.41, 5.74) is 6.67. The Morgan fingerprint density at radius 3 is 2.75 bits per heavy atom. The molecule has 5 nitrogen and oxygen atoms in total. The van der Waals surface area contributed by atoms with E-state index in [1.165, 1.54) is 0 Å². The van der Waals surface area contributed by atoms with Crippen LogP contribution < -0.4 is 11.1 Å². The van der Waals surface area contributed by atoms with Crippen LogP contribution in [-0.2, 0) is 4.79 Å². The van der Waals surface area contributed by atoms with Crippen molar-refractivity contribution in [3.63, 3.8) is 0 Å². The van der Waals surface area contributed by atoms with Crippen molar-refractivity contribution < 1.29 is 4.79 Å². The molecule has 6 heteroatoms. The van der Waals surface area contributed by atoms with Crippen molar-refractivity contribution in [2.24, 2.45) is 0 Å². The number of nitrogens with zero attached hydrogens (tertiary/aromatic N) is 2. The van der Waals surface area contributed by atoms with E-state index in [0.29, 0.717) is 22.8 Å². The van der Waals surface area contributed by atoms with Crippen molar-refractivity contribution in [1.82, 2.24) is 4.90 Å². The minimum Gasteiger partial charge on any atom is -0.399 e. The first-order valence-electron chi connectivity index (χ1n) is 6.31. The van der Waals surface area contributed by atoms with E-state index in [0.717, 1.165) is 0 Å². The number of nitriles is 1. The van der Waals surface area contributed by atoms with Crippen LogP contribution in [0.25, 0.3) is 0 Å². The predicted octanol–water partition coefficient (Wildman–Crippen LogP) is 2.48. The molecule has 0 saturated carbocycles. The van der Waals surface area contributed by atoms with Gasteiger partial charge in [-0.3, -0.25) is 9.69 Å². The number of benzene rings is 1. The van der Waals surface area contributed by atoms with Gasteiger partial charge in [-0.05, 0) is 39.1 Å². The Morgan fingerprint density at radius 2 is 2.20 bits per heavy atom. The van der Waals surface area contributed by atoms with Crippen molar-refractivity contribution in [1.29, 1.82) is 5.26 Å². The highest BCUT2D eigenvalue weighted by Crippen LogP contribution is 2.24. The molecule has 1 aromatic carbocycles. The monoisotopic (exact) mass is 294 g/mol. The molecular weight excluding hydrogens is 276 g/mol. The molecule has 0 aliphatic heterocycles. The van der Waals surface area contributed by atoms with Gasteiger partial charge in [0.25, 0.3) is 0 Å². The maximum atomic E-state index is 12.2. The molecule has 108 valence electrons. The lowest BCUT2D eigenvalue weighted by Gasteiger charge is -2.28. The number of nitrogen functional groups attached to an aromatic ring is 1. The maximum absolute atomic E-state index is 12.2. The second-order valence-corrected chi connectivity index (χ2v) is 5.19. The van der Waals surface area contributed by atoms with Gasteiger partial charge in [0.15, 0.2) is 0 Å². The minimum atomic E-state index is -0.369. The van der Waals surface area contributed by atoms with Gasteiger partial charge >= 0.3 is 0 Å². The van der Waals surface area contributed by atoms with Crippen molar-refractivity contribution in [2.75, 3.05) is 18.1 Å². The van der Waals surface area contributed by atoms with Gasteiger partial charge in [-0.25, -0.2) is 0 Å². The normalized spacial score (nSPS) is 13.6. The van der Waals surface area contributed by atoms with Crippen LogP contribution in [0, 0.1) is 11.3 Å². The molecule has 0 saturated heterocycles. The number of anilines is 2. The molecule has 2 unspecified atom stereocenters. The van der Waals surface area contributed by atoms with Gasteiger partial charge in [0, 0.05) is 11.7 Å². The van der Waals surface area contributed by atoms with E-state index in [1.807, 2.05) is 18.9 Å². The lowest BCUT2D eigenvalue weighted by atomic mass is 10.1. The van der Waals surface area contributed by atoms with Crippen molar-refractivity contribution in [3.05, 3.63) is 23.2 Å². The summed E-state index contributed by atoms with van der Waals surface area (Å²) in [5, 5.41) is 11.9. The Balaban J connectivity index is 2.73. The molecule has 0 radical (unpaired) electrons. The zero-order valence-corrected chi connectivity index (χ0v) is 12.6. The number of carbonyl (C=O) groups is 1. The number of nitrogens with two attached hydrogens (primary N) is 1.